The SMILES string of the molecule is N#Cc1ccc(C(=O)C(=O)c2c(O)ccc3c2Oc2cc(O)ccc2C32OC(=O)c3ccccc32)cc1. The maximum Gasteiger partial charge on any atom is 0.340 e. The monoisotopic (exact) mass is 489 g/mol. The molecule has 1 unspecified atom stereocenters. The highest BCUT2D eigenvalue weighted by Gasteiger charge is 2.54. The number of nitriles is 1. The molecule has 37 heavy (non-hydrogen) atoms. The number of ketones is 2. The molecule has 4 aromatic rings. The van der Waals surface area contributed by atoms with Gasteiger partial charge in [0.05, 0.1) is 17.2 Å². The highest BCUT2D eigenvalue weighted by molar-refractivity contribution is 6.50. The maximum atomic E-state index is 13.5. The van der Waals surface area contributed by atoms with Crippen molar-refractivity contribution in [1.82, 2.24) is 0 Å². The van der Waals surface area contributed by atoms with Crippen LogP contribution in [0.2, 0.25) is 0 Å². The minimum Gasteiger partial charge on any atom is -0.508 e. The van der Waals surface area contributed by atoms with E-state index in [2.05, 4.69) is 0 Å². The van der Waals surface area contributed by atoms with Crippen molar-refractivity contribution in [2.45, 2.75) is 5.60 Å². The van der Waals surface area contributed by atoms with Gasteiger partial charge in [-0.3, -0.25) is 9.59 Å². The lowest BCUT2D eigenvalue weighted by Gasteiger charge is -2.37. The lowest BCUT2D eigenvalue weighted by molar-refractivity contribution is 0.0223. The van der Waals surface area contributed by atoms with Gasteiger partial charge in [-0.1, -0.05) is 18.2 Å². The molecule has 178 valence electrons. The molecule has 2 heterocycles. The van der Waals surface area contributed by atoms with Gasteiger partial charge in [-0.05, 0) is 54.6 Å². The Hall–Kier alpha value is -5.42. The summed E-state index contributed by atoms with van der Waals surface area (Å²) in [6.45, 7) is 0. The fourth-order valence-electron chi connectivity index (χ4n) is 4.87. The number of phenolic OH excluding ortho intramolecular Hbond substituents is 2. The van der Waals surface area contributed by atoms with Crippen LogP contribution in [0.15, 0.2) is 78.9 Å². The summed E-state index contributed by atoms with van der Waals surface area (Å²) in [4.78, 5) is 39.5. The van der Waals surface area contributed by atoms with Crippen molar-refractivity contribution < 1.29 is 34.1 Å². The molecule has 2 aliphatic rings. The van der Waals surface area contributed by atoms with E-state index in [1.54, 1.807) is 30.3 Å². The summed E-state index contributed by atoms with van der Waals surface area (Å²) in [5.74, 6) is -3.33. The van der Waals surface area contributed by atoms with Gasteiger partial charge >= 0.3 is 5.97 Å². The minimum atomic E-state index is -1.55. The summed E-state index contributed by atoms with van der Waals surface area (Å²) in [6, 6.07) is 21.2. The first-order chi connectivity index (χ1) is 17.8. The normalized spacial score (nSPS) is 16.6. The molecule has 8 nitrogen and oxygen atoms in total. The van der Waals surface area contributed by atoms with E-state index in [9.17, 15) is 24.6 Å². The van der Waals surface area contributed by atoms with E-state index in [-0.39, 0.29) is 28.4 Å². The van der Waals surface area contributed by atoms with Crippen LogP contribution in [0.3, 0.4) is 0 Å². The molecule has 0 bridgehead atoms. The van der Waals surface area contributed by atoms with E-state index in [0.717, 1.165) is 0 Å². The third kappa shape index (κ3) is 3.04. The molecule has 1 atom stereocenters. The van der Waals surface area contributed by atoms with Gasteiger partial charge < -0.3 is 19.7 Å². The summed E-state index contributed by atoms with van der Waals surface area (Å²) < 4.78 is 12.0. The van der Waals surface area contributed by atoms with E-state index in [0.29, 0.717) is 22.3 Å². The summed E-state index contributed by atoms with van der Waals surface area (Å²) in [6.07, 6.45) is 0. The van der Waals surface area contributed by atoms with E-state index < -0.39 is 34.4 Å². The van der Waals surface area contributed by atoms with Crippen LogP contribution in [0.25, 0.3) is 0 Å². The maximum absolute atomic E-state index is 13.5. The van der Waals surface area contributed by atoms with Gasteiger partial charge in [0, 0.05) is 28.3 Å². The Balaban J connectivity index is 1.59. The largest absolute Gasteiger partial charge is 0.508 e. The zero-order chi connectivity index (χ0) is 25.9. The van der Waals surface area contributed by atoms with Gasteiger partial charge in [0.1, 0.15) is 28.6 Å². The van der Waals surface area contributed by atoms with Crippen LogP contribution in [0.1, 0.15) is 53.3 Å². The third-order valence-corrected chi connectivity index (χ3v) is 6.55. The molecule has 0 saturated carbocycles. The minimum absolute atomic E-state index is 0.0159. The van der Waals surface area contributed by atoms with Crippen molar-refractivity contribution in [3.05, 3.63) is 118 Å². The average molecular weight is 489 g/mol. The number of aromatic hydroxyl groups is 2. The molecule has 0 fully saturated rings. The number of carbonyl (C=O) groups is 3. The van der Waals surface area contributed by atoms with Crippen LogP contribution in [0, 0.1) is 11.3 Å². The molecule has 0 amide bonds. The van der Waals surface area contributed by atoms with Crippen molar-refractivity contribution in [1.29, 1.82) is 5.26 Å². The molecular weight excluding hydrogens is 474 g/mol. The number of Topliss-reactive ketones (excluding diaryl/α,β-unsaturated/α-hetero) is 2. The summed E-state index contributed by atoms with van der Waals surface area (Å²) in [7, 11) is 0. The first-order valence-corrected chi connectivity index (χ1v) is 11.1. The van der Waals surface area contributed by atoms with Crippen LogP contribution in [-0.2, 0) is 10.3 Å². The number of phenols is 2. The van der Waals surface area contributed by atoms with E-state index in [1.807, 2.05) is 6.07 Å². The Morgan fingerprint density at radius 1 is 0.838 bits per heavy atom. The first kappa shape index (κ1) is 22.1. The number of carbonyl (C=O) groups excluding carboxylic acids is 3. The number of ether oxygens (including phenoxy) is 2. The van der Waals surface area contributed by atoms with Crippen molar-refractivity contribution in [2.75, 3.05) is 0 Å². The quantitative estimate of drug-likeness (QED) is 0.242. The molecule has 0 aromatic heterocycles. The van der Waals surface area contributed by atoms with Crippen molar-refractivity contribution in [3.63, 3.8) is 0 Å². The third-order valence-electron chi connectivity index (χ3n) is 6.55. The lowest BCUT2D eigenvalue weighted by atomic mass is 9.76. The molecule has 8 heteroatoms. The molecule has 4 aromatic carbocycles. The van der Waals surface area contributed by atoms with Gasteiger partial charge in [-0.2, -0.15) is 5.26 Å². The molecule has 0 saturated heterocycles. The zero-order valence-electron chi connectivity index (χ0n) is 18.9. The number of nitrogens with zero attached hydrogens (tertiary/aromatic N) is 1. The van der Waals surface area contributed by atoms with Crippen LogP contribution in [-0.4, -0.2) is 27.7 Å². The first-order valence-electron chi connectivity index (χ1n) is 11.1. The molecule has 1 spiro atoms. The topological polar surface area (TPSA) is 134 Å². The predicted molar refractivity (Wildman–Crippen MR) is 128 cm³/mol. The Morgan fingerprint density at radius 2 is 1.57 bits per heavy atom. The molecule has 0 aliphatic carbocycles. The lowest BCUT2D eigenvalue weighted by Crippen LogP contribution is -2.34. The Bertz CT molecular complexity index is 1720. The van der Waals surface area contributed by atoms with Gasteiger partial charge in [0.2, 0.25) is 11.6 Å². The fraction of sp³-hybridized carbons (Fsp3) is 0.0345. The second-order valence-corrected chi connectivity index (χ2v) is 8.58. The highest BCUT2D eigenvalue weighted by atomic mass is 16.6. The standard InChI is InChI=1S/C29H15NO7/c30-14-15-5-7-16(8-6-15)25(33)26(34)24-22(32)12-11-21-27(24)36-23-13-17(31)9-10-20(23)29(21)19-4-2-1-3-18(19)28(35)37-29/h1-13,31-32H. The van der Waals surface area contributed by atoms with Gasteiger partial charge in [0.25, 0.3) is 0 Å². The molecule has 2 N–H and O–H groups in total. The molecule has 2 aliphatic heterocycles. The smallest absolute Gasteiger partial charge is 0.340 e. The zero-order valence-corrected chi connectivity index (χ0v) is 18.9. The van der Waals surface area contributed by atoms with Crippen molar-refractivity contribution in [2.24, 2.45) is 0 Å². The summed E-state index contributed by atoms with van der Waals surface area (Å²) in [5.41, 5.74) is -0.209. The number of benzene rings is 4. The average Bonchev–Trinajstić information content (AvgIpc) is 3.20. The number of fused-ring (bicyclic) bond motifs is 6. The van der Waals surface area contributed by atoms with Gasteiger partial charge in [-0.15, -0.1) is 0 Å². The van der Waals surface area contributed by atoms with Crippen LogP contribution >= 0.6 is 0 Å². The van der Waals surface area contributed by atoms with E-state index in [4.69, 9.17) is 14.7 Å². The van der Waals surface area contributed by atoms with E-state index in [1.165, 1.54) is 48.5 Å². The van der Waals surface area contributed by atoms with Crippen molar-refractivity contribution >= 4 is 17.5 Å². The Morgan fingerprint density at radius 3 is 2.32 bits per heavy atom. The number of hydrogen-bond acceptors (Lipinski definition) is 8. The highest BCUT2D eigenvalue weighted by Crippen LogP contribution is 2.58. The van der Waals surface area contributed by atoms with Gasteiger partial charge in [-0.25, -0.2) is 4.79 Å². The Kier molecular flexibility index (Phi) is 4.65. The van der Waals surface area contributed by atoms with Crippen LogP contribution in [0.4, 0.5) is 0 Å². The van der Waals surface area contributed by atoms with Crippen molar-refractivity contribution in [3.8, 4) is 29.1 Å². The van der Waals surface area contributed by atoms with Crippen LogP contribution in [0.5, 0.6) is 23.0 Å². The second-order valence-electron chi connectivity index (χ2n) is 8.58. The predicted octanol–water partition coefficient (Wildman–Crippen LogP) is 4.60. The molecular formula is C29H15NO7. The number of esters is 1. The molecule has 0 radical (unpaired) electrons. The van der Waals surface area contributed by atoms with Gasteiger partial charge in [0.15, 0.2) is 5.60 Å². The second kappa shape index (κ2) is 7.80. The summed E-state index contributed by atoms with van der Waals surface area (Å²) in [5, 5.41) is 29.9. The Labute approximate surface area is 209 Å². The number of hydrogen-bond donors (Lipinski definition) is 2. The molecule has 6 rings (SSSR count). The van der Waals surface area contributed by atoms with Crippen LogP contribution < -0.4 is 4.74 Å². The summed E-state index contributed by atoms with van der Waals surface area (Å²) >= 11 is 0. The van der Waals surface area contributed by atoms with E-state index >= 15 is 0 Å². The number of rotatable bonds is 3. The fourth-order valence-corrected chi connectivity index (χ4v) is 4.87.